The highest BCUT2D eigenvalue weighted by Gasteiger charge is 2.13. The summed E-state index contributed by atoms with van der Waals surface area (Å²) in [4.78, 5) is 22.8. The summed E-state index contributed by atoms with van der Waals surface area (Å²) in [5.74, 6) is -0.336. The topological polar surface area (TPSA) is 84.2 Å². The lowest BCUT2D eigenvalue weighted by Crippen LogP contribution is -2.41. The van der Waals surface area contributed by atoms with Crippen molar-refractivity contribution in [3.8, 4) is 0 Å². The number of nitrogens with one attached hydrogen (secondary N) is 2. The first kappa shape index (κ1) is 14.9. The largest absolute Gasteiger partial charge is 0.352 e. The Labute approximate surface area is 97.2 Å². The van der Waals surface area contributed by atoms with E-state index in [0.29, 0.717) is 6.54 Å². The summed E-state index contributed by atoms with van der Waals surface area (Å²) in [7, 11) is 0. The molecular formula is C11H23N3O2. The molecule has 16 heavy (non-hydrogen) atoms. The van der Waals surface area contributed by atoms with Crippen molar-refractivity contribution < 1.29 is 9.59 Å². The van der Waals surface area contributed by atoms with Gasteiger partial charge in [-0.1, -0.05) is 6.92 Å². The molecule has 0 aliphatic heterocycles. The van der Waals surface area contributed by atoms with Gasteiger partial charge in [-0.2, -0.15) is 0 Å². The standard InChI is InChI=1S/C11H23N3O2/c1-8(2)14-10(15)7-13-11(16)9(3)5-4-6-12/h8-9H,4-7,12H2,1-3H3,(H,13,16)(H,14,15). The van der Waals surface area contributed by atoms with Gasteiger partial charge >= 0.3 is 0 Å². The number of amides is 2. The molecule has 1 unspecified atom stereocenters. The van der Waals surface area contributed by atoms with Crippen molar-refractivity contribution in [1.29, 1.82) is 0 Å². The van der Waals surface area contributed by atoms with E-state index < -0.39 is 0 Å². The highest BCUT2D eigenvalue weighted by molar-refractivity contribution is 5.85. The molecule has 0 aromatic carbocycles. The predicted molar refractivity (Wildman–Crippen MR) is 63.7 cm³/mol. The molecule has 0 spiro atoms. The number of hydrogen-bond donors (Lipinski definition) is 3. The van der Waals surface area contributed by atoms with E-state index in [0.717, 1.165) is 12.8 Å². The lowest BCUT2D eigenvalue weighted by Gasteiger charge is -2.12. The molecule has 0 heterocycles. The summed E-state index contributed by atoms with van der Waals surface area (Å²) >= 11 is 0. The molecule has 94 valence electrons. The Morgan fingerprint density at radius 3 is 2.38 bits per heavy atom. The van der Waals surface area contributed by atoms with E-state index in [1.54, 1.807) is 0 Å². The zero-order valence-electron chi connectivity index (χ0n) is 10.4. The first-order valence-corrected chi connectivity index (χ1v) is 5.74. The zero-order chi connectivity index (χ0) is 12.6. The summed E-state index contributed by atoms with van der Waals surface area (Å²) in [6, 6.07) is 0.0964. The smallest absolute Gasteiger partial charge is 0.239 e. The van der Waals surface area contributed by atoms with Gasteiger partial charge in [0.05, 0.1) is 6.54 Å². The fourth-order valence-corrected chi connectivity index (χ4v) is 1.27. The van der Waals surface area contributed by atoms with Crippen LogP contribution in [0.4, 0.5) is 0 Å². The van der Waals surface area contributed by atoms with Crippen LogP contribution in [0.1, 0.15) is 33.6 Å². The summed E-state index contributed by atoms with van der Waals surface area (Å²) in [5.41, 5.74) is 5.36. The molecule has 0 saturated carbocycles. The van der Waals surface area contributed by atoms with E-state index >= 15 is 0 Å². The van der Waals surface area contributed by atoms with Gasteiger partial charge in [-0.3, -0.25) is 9.59 Å². The fourth-order valence-electron chi connectivity index (χ4n) is 1.27. The van der Waals surface area contributed by atoms with Crippen LogP contribution >= 0.6 is 0 Å². The number of carbonyl (C=O) groups excluding carboxylic acids is 2. The lowest BCUT2D eigenvalue weighted by molar-refractivity contribution is -0.128. The van der Waals surface area contributed by atoms with E-state index in [2.05, 4.69) is 10.6 Å². The van der Waals surface area contributed by atoms with Crippen LogP contribution in [0.25, 0.3) is 0 Å². The molecular weight excluding hydrogens is 206 g/mol. The third kappa shape index (κ3) is 7.23. The van der Waals surface area contributed by atoms with Crippen molar-refractivity contribution in [2.75, 3.05) is 13.1 Å². The molecule has 0 aliphatic rings. The first-order valence-electron chi connectivity index (χ1n) is 5.74. The maximum Gasteiger partial charge on any atom is 0.239 e. The number of rotatable bonds is 7. The van der Waals surface area contributed by atoms with Gasteiger partial charge in [-0.05, 0) is 33.2 Å². The van der Waals surface area contributed by atoms with Crippen LogP contribution in [0, 0.1) is 5.92 Å². The van der Waals surface area contributed by atoms with Crippen LogP contribution in [0.15, 0.2) is 0 Å². The number of nitrogens with two attached hydrogens (primary N) is 1. The molecule has 4 N–H and O–H groups in total. The third-order valence-corrected chi connectivity index (χ3v) is 2.16. The van der Waals surface area contributed by atoms with Crippen LogP contribution in [0.2, 0.25) is 0 Å². The average Bonchev–Trinajstić information content (AvgIpc) is 2.21. The minimum Gasteiger partial charge on any atom is -0.352 e. The number of carbonyl (C=O) groups is 2. The summed E-state index contributed by atoms with van der Waals surface area (Å²) < 4.78 is 0. The third-order valence-electron chi connectivity index (χ3n) is 2.16. The van der Waals surface area contributed by atoms with Gasteiger partial charge in [-0.15, -0.1) is 0 Å². The van der Waals surface area contributed by atoms with Gasteiger partial charge in [-0.25, -0.2) is 0 Å². The Balaban J connectivity index is 3.75. The quantitative estimate of drug-likeness (QED) is 0.574. The van der Waals surface area contributed by atoms with E-state index in [-0.39, 0.29) is 30.3 Å². The minimum atomic E-state index is -0.158. The summed E-state index contributed by atoms with van der Waals surface area (Å²) in [6.07, 6.45) is 1.58. The average molecular weight is 229 g/mol. The maximum absolute atomic E-state index is 11.5. The van der Waals surface area contributed by atoms with E-state index in [1.807, 2.05) is 20.8 Å². The highest BCUT2D eigenvalue weighted by Crippen LogP contribution is 2.03. The Kier molecular flexibility index (Phi) is 7.54. The molecule has 0 aliphatic carbocycles. The molecule has 1 atom stereocenters. The van der Waals surface area contributed by atoms with Gasteiger partial charge < -0.3 is 16.4 Å². The van der Waals surface area contributed by atoms with E-state index in [9.17, 15) is 9.59 Å². The monoisotopic (exact) mass is 229 g/mol. The Morgan fingerprint density at radius 2 is 1.88 bits per heavy atom. The molecule has 0 saturated heterocycles. The molecule has 0 fully saturated rings. The van der Waals surface area contributed by atoms with Gasteiger partial charge in [0.2, 0.25) is 11.8 Å². The lowest BCUT2D eigenvalue weighted by atomic mass is 10.1. The number of hydrogen-bond acceptors (Lipinski definition) is 3. The van der Waals surface area contributed by atoms with Crippen molar-refractivity contribution in [3.05, 3.63) is 0 Å². The molecule has 5 heteroatoms. The molecule has 5 nitrogen and oxygen atoms in total. The van der Waals surface area contributed by atoms with Crippen molar-refractivity contribution in [2.45, 2.75) is 39.7 Å². The van der Waals surface area contributed by atoms with Gasteiger partial charge in [0, 0.05) is 12.0 Å². The van der Waals surface area contributed by atoms with Gasteiger partial charge in [0.1, 0.15) is 0 Å². The Hall–Kier alpha value is -1.10. The van der Waals surface area contributed by atoms with Crippen molar-refractivity contribution in [3.63, 3.8) is 0 Å². The highest BCUT2D eigenvalue weighted by atomic mass is 16.2. The van der Waals surface area contributed by atoms with Gasteiger partial charge in [0.25, 0.3) is 0 Å². The summed E-state index contributed by atoms with van der Waals surface area (Å²) in [6.45, 7) is 6.23. The van der Waals surface area contributed by atoms with Crippen molar-refractivity contribution in [1.82, 2.24) is 10.6 Å². The van der Waals surface area contributed by atoms with Crippen LogP contribution in [-0.2, 0) is 9.59 Å². The second kappa shape index (κ2) is 8.10. The second-order valence-corrected chi connectivity index (χ2v) is 4.27. The normalized spacial score (nSPS) is 12.3. The van der Waals surface area contributed by atoms with Crippen LogP contribution in [0.5, 0.6) is 0 Å². The van der Waals surface area contributed by atoms with Crippen LogP contribution < -0.4 is 16.4 Å². The predicted octanol–water partition coefficient (Wildman–Crippen LogP) is 0.00220. The molecule has 0 aromatic rings. The second-order valence-electron chi connectivity index (χ2n) is 4.27. The Bertz CT molecular complexity index is 229. The SMILES string of the molecule is CC(C)NC(=O)CNC(=O)C(C)CCCN. The van der Waals surface area contributed by atoms with Crippen LogP contribution in [-0.4, -0.2) is 30.9 Å². The molecule has 2 amide bonds. The molecule has 0 radical (unpaired) electrons. The minimum absolute atomic E-state index is 0.0456. The van der Waals surface area contributed by atoms with Gasteiger partial charge in [0.15, 0.2) is 0 Å². The zero-order valence-corrected chi connectivity index (χ0v) is 10.4. The van der Waals surface area contributed by atoms with Crippen molar-refractivity contribution in [2.24, 2.45) is 11.7 Å². The Morgan fingerprint density at radius 1 is 1.25 bits per heavy atom. The molecule has 0 bridgehead atoms. The van der Waals surface area contributed by atoms with E-state index in [1.165, 1.54) is 0 Å². The van der Waals surface area contributed by atoms with Crippen LogP contribution in [0.3, 0.4) is 0 Å². The van der Waals surface area contributed by atoms with E-state index in [4.69, 9.17) is 5.73 Å². The summed E-state index contributed by atoms with van der Waals surface area (Å²) in [5, 5.41) is 5.31. The van der Waals surface area contributed by atoms with Crippen molar-refractivity contribution >= 4 is 11.8 Å². The molecule has 0 rings (SSSR count). The molecule has 0 aromatic heterocycles. The first-order chi connectivity index (χ1) is 7.47. The fraction of sp³-hybridized carbons (Fsp3) is 0.818. The maximum atomic E-state index is 11.5.